The van der Waals surface area contributed by atoms with Gasteiger partial charge in [0, 0.05) is 32.7 Å². The quantitative estimate of drug-likeness (QED) is 0.522. The average Bonchev–Trinajstić information content (AvgIpc) is 3.38. The minimum atomic E-state index is -0.748. The molecule has 2 aliphatic rings. The van der Waals surface area contributed by atoms with Gasteiger partial charge in [0.05, 0.1) is 31.8 Å². The van der Waals surface area contributed by atoms with Crippen LogP contribution in [-0.2, 0) is 20.9 Å². The Hall–Kier alpha value is -3.58. The number of carbonyl (C=O) groups is 3. The SMILES string of the molecule is CC(C)CN(C(=O)c1nnn(-c2ccccc2F)c1CO)[C@H]1CC(C(=O)N2CCOCC2)CN(C(=O)OC(C)(C)C)C1. The van der Waals surface area contributed by atoms with Crippen LogP contribution in [0, 0.1) is 17.7 Å². The fraction of sp³-hybridized carbons (Fsp3) is 0.621. The van der Waals surface area contributed by atoms with E-state index in [1.807, 2.05) is 13.8 Å². The third kappa shape index (κ3) is 7.24. The number of hydrogen-bond donors (Lipinski definition) is 1. The van der Waals surface area contributed by atoms with Gasteiger partial charge in [0.25, 0.3) is 5.91 Å². The van der Waals surface area contributed by atoms with Gasteiger partial charge in [0.2, 0.25) is 5.91 Å². The third-order valence-corrected chi connectivity index (χ3v) is 7.21. The highest BCUT2D eigenvalue weighted by molar-refractivity contribution is 5.94. The molecule has 4 rings (SSSR count). The summed E-state index contributed by atoms with van der Waals surface area (Å²) in [6.07, 6.45) is -0.241. The predicted octanol–water partition coefficient (Wildman–Crippen LogP) is 2.48. The molecule has 0 radical (unpaired) electrons. The van der Waals surface area contributed by atoms with Crippen LogP contribution in [0.25, 0.3) is 5.69 Å². The van der Waals surface area contributed by atoms with Gasteiger partial charge in [-0.2, -0.15) is 0 Å². The van der Waals surface area contributed by atoms with Crippen molar-refractivity contribution in [3.63, 3.8) is 0 Å². The second-order valence-electron chi connectivity index (χ2n) is 12.2. The second kappa shape index (κ2) is 13.2. The molecule has 1 N–H and O–H groups in total. The van der Waals surface area contributed by atoms with Crippen molar-refractivity contribution in [1.29, 1.82) is 0 Å². The summed E-state index contributed by atoms with van der Waals surface area (Å²) < 4.78 is 26.8. The molecule has 13 heteroatoms. The summed E-state index contributed by atoms with van der Waals surface area (Å²) in [5.74, 6) is -1.75. The number of halogens is 1. The Morgan fingerprint density at radius 1 is 1.14 bits per heavy atom. The average molecular weight is 589 g/mol. The summed E-state index contributed by atoms with van der Waals surface area (Å²) in [7, 11) is 0. The van der Waals surface area contributed by atoms with Crippen LogP contribution in [-0.4, -0.2) is 110 Å². The van der Waals surface area contributed by atoms with E-state index in [1.165, 1.54) is 23.1 Å². The van der Waals surface area contributed by atoms with Gasteiger partial charge in [-0.25, -0.2) is 13.9 Å². The fourth-order valence-corrected chi connectivity index (χ4v) is 5.35. The molecule has 3 amide bonds. The van der Waals surface area contributed by atoms with Gasteiger partial charge < -0.3 is 29.3 Å². The largest absolute Gasteiger partial charge is 0.444 e. The van der Waals surface area contributed by atoms with E-state index in [0.29, 0.717) is 39.3 Å². The van der Waals surface area contributed by atoms with E-state index >= 15 is 0 Å². The molecule has 42 heavy (non-hydrogen) atoms. The second-order valence-corrected chi connectivity index (χ2v) is 12.2. The number of aromatic nitrogens is 3. The predicted molar refractivity (Wildman–Crippen MR) is 150 cm³/mol. The fourth-order valence-electron chi connectivity index (χ4n) is 5.35. The third-order valence-electron chi connectivity index (χ3n) is 7.21. The van der Waals surface area contributed by atoms with E-state index in [9.17, 15) is 23.9 Å². The lowest BCUT2D eigenvalue weighted by molar-refractivity contribution is -0.142. The highest BCUT2D eigenvalue weighted by atomic mass is 19.1. The van der Waals surface area contributed by atoms with Crippen LogP contribution in [0.1, 0.15) is 57.2 Å². The monoisotopic (exact) mass is 588 g/mol. The van der Waals surface area contributed by atoms with E-state index in [2.05, 4.69) is 10.3 Å². The van der Waals surface area contributed by atoms with Gasteiger partial charge >= 0.3 is 6.09 Å². The molecular weight excluding hydrogens is 547 g/mol. The molecule has 0 spiro atoms. The number of ether oxygens (including phenoxy) is 2. The number of aliphatic hydroxyl groups excluding tert-OH is 1. The van der Waals surface area contributed by atoms with E-state index in [1.54, 1.807) is 36.6 Å². The Morgan fingerprint density at radius 3 is 2.45 bits per heavy atom. The van der Waals surface area contributed by atoms with Crippen molar-refractivity contribution in [3.8, 4) is 5.69 Å². The van der Waals surface area contributed by atoms with Crippen molar-refractivity contribution in [2.24, 2.45) is 11.8 Å². The molecule has 2 fully saturated rings. The summed E-state index contributed by atoms with van der Waals surface area (Å²) >= 11 is 0. The van der Waals surface area contributed by atoms with Crippen LogP contribution in [0.4, 0.5) is 9.18 Å². The van der Waals surface area contributed by atoms with Crippen LogP contribution in [0.3, 0.4) is 0 Å². The molecule has 2 aliphatic heterocycles. The molecule has 12 nitrogen and oxygen atoms in total. The lowest BCUT2D eigenvalue weighted by Gasteiger charge is -2.44. The van der Waals surface area contributed by atoms with Crippen LogP contribution in [0.15, 0.2) is 24.3 Å². The molecule has 2 aromatic rings. The summed E-state index contributed by atoms with van der Waals surface area (Å²) in [4.78, 5) is 45.8. The molecule has 2 saturated heterocycles. The van der Waals surface area contributed by atoms with E-state index in [4.69, 9.17) is 9.47 Å². The van der Waals surface area contributed by atoms with Gasteiger partial charge in [0.15, 0.2) is 5.69 Å². The summed E-state index contributed by atoms with van der Waals surface area (Å²) in [5, 5.41) is 18.3. The van der Waals surface area contributed by atoms with Crippen molar-refractivity contribution >= 4 is 17.9 Å². The number of para-hydroxylation sites is 1. The van der Waals surface area contributed by atoms with Crippen molar-refractivity contribution in [1.82, 2.24) is 29.7 Å². The first-order valence-electron chi connectivity index (χ1n) is 14.3. The van der Waals surface area contributed by atoms with Crippen LogP contribution in [0.2, 0.25) is 0 Å². The summed E-state index contributed by atoms with van der Waals surface area (Å²) in [6, 6.07) is 5.32. The molecule has 2 atom stereocenters. The number of hydrogen-bond acceptors (Lipinski definition) is 8. The molecular formula is C29H41FN6O6. The number of likely N-dealkylation sites (tertiary alicyclic amines) is 1. The minimum Gasteiger partial charge on any atom is -0.444 e. The zero-order chi connectivity index (χ0) is 30.6. The molecule has 1 unspecified atom stereocenters. The Morgan fingerprint density at radius 2 is 1.83 bits per heavy atom. The molecule has 230 valence electrons. The first kappa shape index (κ1) is 31.4. The van der Waals surface area contributed by atoms with Crippen molar-refractivity contribution < 1.29 is 33.4 Å². The van der Waals surface area contributed by atoms with Crippen LogP contribution in [0.5, 0.6) is 0 Å². The Kier molecular flexibility index (Phi) is 9.82. The first-order chi connectivity index (χ1) is 19.9. The Balaban J connectivity index is 1.68. The number of nitrogens with zero attached hydrogens (tertiary/aromatic N) is 6. The van der Waals surface area contributed by atoms with E-state index in [0.717, 1.165) is 4.68 Å². The number of amides is 3. The normalized spacial score (nSPS) is 19.6. The number of morpholine rings is 1. The van der Waals surface area contributed by atoms with Gasteiger partial charge in [-0.15, -0.1) is 5.10 Å². The highest BCUT2D eigenvalue weighted by Gasteiger charge is 2.42. The number of aliphatic hydroxyl groups is 1. The number of benzene rings is 1. The standard InChI is InChI=1S/C29H41FN6O6/c1-19(2)15-35(27(39)25-24(18-37)36(32-31-25)23-9-7-6-8-22(23)30)21-14-20(26(38)33-10-12-41-13-11-33)16-34(17-21)28(40)42-29(3,4)5/h6-9,19-21,37H,10-18H2,1-5H3/t20?,21-/m0/s1. The topological polar surface area (TPSA) is 130 Å². The number of carbonyl (C=O) groups excluding carboxylic acids is 3. The lowest BCUT2D eigenvalue weighted by Crippen LogP contribution is -2.58. The van der Waals surface area contributed by atoms with Crippen molar-refractivity contribution in [2.75, 3.05) is 45.9 Å². The molecule has 1 aromatic carbocycles. The molecule has 0 bridgehead atoms. The van der Waals surface area contributed by atoms with Crippen LogP contribution < -0.4 is 0 Å². The number of piperidine rings is 1. The Bertz CT molecular complexity index is 1270. The summed E-state index contributed by atoms with van der Waals surface area (Å²) in [5.41, 5.74) is -0.775. The maximum absolute atomic E-state index is 14.6. The minimum absolute atomic E-state index is 0.0263. The van der Waals surface area contributed by atoms with Gasteiger partial charge in [0.1, 0.15) is 22.8 Å². The number of rotatable bonds is 7. The van der Waals surface area contributed by atoms with Gasteiger partial charge in [-0.05, 0) is 45.2 Å². The van der Waals surface area contributed by atoms with E-state index < -0.39 is 42.0 Å². The first-order valence-corrected chi connectivity index (χ1v) is 14.3. The zero-order valence-electron chi connectivity index (χ0n) is 25.0. The Labute approximate surface area is 245 Å². The van der Waals surface area contributed by atoms with Crippen LogP contribution >= 0.6 is 0 Å². The van der Waals surface area contributed by atoms with E-state index in [-0.39, 0.29) is 42.0 Å². The molecule has 0 saturated carbocycles. The van der Waals surface area contributed by atoms with Crippen molar-refractivity contribution in [2.45, 2.75) is 59.3 Å². The zero-order valence-corrected chi connectivity index (χ0v) is 25.0. The lowest BCUT2D eigenvalue weighted by atomic mass is 9.91. The van der Waals surface area contributed by atoms with Gasteiger partial charge in [-0.3, -0.25) is 9.59 Å². The van der Waals surface area contributed by atoms with Gasteiger partial charge in [-0.1, -0.05) is 31.2 Å². The maximum atomic E-state index is 14.6. The molecule has 0 aliphatic carbocycles. The molecule has 3 heterocycles. The smallest absolute Gasteiger partial charge is 0.410 e. The highest BCUT2D eigenvalue weighted by Crippen LogP contribution is 2.28. The summed E-state index contributed by atoms with van der Waals surface area (Å²) in [6.45, 7) is 11.0. The molecule has 1 aromatic heterocycles. The van der Waals surface area contributed by atoms with Crippen molar-refractivity contribution in [3.05, 3.63) is 41.5 Å². The maximum Gasteiger partial charge on any atom is 0.410 e.